The Bertz CT molecular complexity index is 476. The fourth-order valence-corrected chi connectivity index (χ4v) is 1.39. The lowest BCUT2D eigenvalue weighted by atomic mass is 10.3. The van der Waals surface area contributed by atoms with Crippen LogP contribution >= 0.6 is 0 Å². The number of benzene rings is 1. The molecule has 0 bridgehead atoms. The van der Waals surface area contributed by atoms with Gasteiger partial charge in [-0.25, -0.2) is 9.07 Å². The second-order valence-electron chi connectivity index (χ2n) is 3.32. The molecule has 2 aromatic rings. The van der Waals surface area contributed by atoms with Gasteiger partial charge in [-0.05, 0) is 30.7 Å². The van der Waals surface area contributed by atoms with Crippen LogP contribution in [-0.2, 0) is 6.42 Å². The van der Waals surface area contributed by atoms with Gasteiger partial charge in [0, 0.05) is 11.9 Å². The molecule has 0 radical (unpaired) electrons. The van der Waals surface area contributed by atoms with Gasteiger partial charge in [0.25, 0.3) is 0 Å². The predicted molar refractivity (Wildman–Crippen MR) is 57.3 cm³/mol. The Kier molecular flexibility index (Phi) is 2.41. The lowest BCUT2D eigenvalue weighted by Gasteiger charge is -2.03. The van der Waals surface area contributed by atoms with Crippen molar-refractivity contribution in [2.75, 3.05) is 5.73 Å². The molecule has 78 valence electrons. The minimum Gasteiger partial charge on any atom is -0.399 e. The van der Waals surface area contributed by atoms with Crippen LogP contribution in [0.5, 0.6) is 0 Å². The molecule has 0 amide bonds. The summed E-state index contributed by atoms with van der Waals surface area (Å²) in [7, 11) is 0. The number of halogens is 1. The molecule has 0 saturated heterocycles. The summed E-state index contributed by atoms with van der Waals surface area (Å²) >= 11 is 0. The van der Waals surface area contributed by atoms with E-state index in [-0.39, 0.29) is 5.82 Å². The molecule has 0 fully saturated rings. The highest BCUT2D eigenvalue weighted by Gasteiger charge is 2.05. The van der Waals surface area contributed by atoms with Gasteiger partial charge in [-0.1, -0.05) is 6.92 Å². The maximum absolute atomic E-state index is 13.5. The van der Waals surface area contributed by atoms with Crippen molar-refractivity contribution < 1.29 is 4.39 Å². The van der Waals surface area contributed by atoms with Gasteiger partial charge in [-0.2, -0.15) is 5.10 Å². The van der Waals surface area contributed by atoms with Gasteiger partial charge in [0.2, 0.25) is 0 Å². The van der Waals surface area contributed by atoms with Crippen LogP contribution in [0, 0.1) is 5.82 Å². The molecule has 0 aliphatic carbocycles. The predicted octanol–water partition coefficient (Wildman–Crippen LogP) is 2.16. The molecule has 0 unspecified atom stereocenters. The van der Waals surface area contributed by atoms with Gasteiger partial charge in [0.1, 0.15) is 5.69 Å². The number of nitrogens with two attached hydrogens (primary N) is 1. The topological polar surface area (TPSA) is 43.8 Å². The summed E-state index contributed by atoms with van der Waals surface area (Å²) in [6.07, 6.45) is 2.58. The first-order valence-corrected chi connectivity index (χ1v) is 4.80. The van der Waals surface area contributed by atoms with Crippen LogP contribution in [0.2, 0.25) is 0 Å². The minimum atomic E-state index is -0.360. The fraction of sp³-hybridized carbons (Fsp3) is 0.182. The monoisotopic (exact) mass is 205 g/mol. The third kappa shape index (κ3) is 1.83. The Labute approximate surface area is 87.3 Å². The number of hydrogen-bond acceptors (Lipinski definition) is 2. The summed E-state index contributed by atoms with van der Waals surface area (Å²) in [5.41, 5.74) is 7.24. The maximum Gasteiger partial charge on any atom is 0.150 e. The highest BCUT2D eigenvalue weighted by atomic mass is 19.1. The van der Waals surface area contributed by atoms with E-state index in [0.717, 1.165) is 12.1 Å². The van der Waals surface area contributed by atoms with E-state index in [1.54, 1.807) is 18.3 Å². The Balaban J connectivity index is 2.44. The molecular weight excluding hydrogens is 193 g/mol. The fourth-order valence-electron chi connectivity index (χ4n) is 1.39. The molecule has 1 heterocycles. The standard InChI is InChI=1S/C11H12FN3/c1-2-9-5-6-15(14-9)11-4-3-8(13)7-10(11)12/h3-7H,2,13H2,1H3. The van der Waals surface area contributed by atoms with Crippen LogP contribution in [0.4, 0.5) is 10.1 Å². The van der Waals surface area contributed by atoms with Crippen LogP contribution in [0.15, 0.2) is 30.5 Å². The Morgan fingerprint density at radius 3 is 2.80 bits per heavy atom. The van der Waals surface area contributed by atoms with Crippen LogP contribution in [-0.4, -0.2) is 9.78 Å². The van der Waals surface area contributed by atoms with Crippen molar-refractivity contribution in [1.29, 1.82) is 0 Å². The molecule has 0 saturated carbocycles. The Hall–Kier alpha value is -1.84. The first-order valence-electron chi connectivity index (χ1n) is 4.80. The molecule has 0 atom stereocenters. The second kappa shape index (κ2) is 3.73. The summed E-state index contributed by atoms with van der Waals surface area (Å²) in [5, 5.41) is 4.23. The number of anilines is 1. The number of nitrogen functional groups attached to an aromatic ring is 1. The molecule has 0 spiro atoms. The van der Waals surface area contributed by atoms with Crippen molar-refractivity contribution in [1.82, 2.24) is 9.78 Å². The first-order chi connectivity index (χ1) is 7.20. The molecule has 3 nitrogen and oxygen atoms in total. The number of aromatic nitrogens is 2. The normalized spacial score (nSPS) is 10.5. The van der Waals surface area contributed by atoms with Gasteiger partial charge in [-0.3, -0.25) is 0 Å². The van der Waals surface area contributed by atoms with E-state index in [0.29, 0.717) is 11.4 Å². The van der Waals surface area contributed by atoms with E-state index in [4.69, 9.17) is 5.73 Å². The van der Waals surface area contributed by atoms with Crippen molar-refractivity contribution in [3.8, 4) is 5.69 Å². The van der Waals surface area contributed by atoms with Crippen LogP contribution in [0.1, 0.15) is 12.6 Å². The molecule has 1 aromatic heterocycles. The van der Waals surface area contributed by atoms with Crippen LogP contribution < -0.4 is 5.73 Å². The quantitative estimate of drug-likeness (QED) is 0.763. The summed E-state index contributed by atoms with van der Waals surface area (Å²) < 4.78 is 15.0. The lowest BCUT2D eigenvalue weighted by molar-refractivity contribution is 0.610. The van der Waals surface area contributed by atoms with Crippen molar-refractivity contribution in [3.05, 3.63) is 42.0 Å². The van der Waals surface area contributed by atoms with Gasteiger partial charge in [0.05, 0.1) is 5.69 Å². The number of nitrogens with zero attached hydrogens (tertiary/aromatic N) is 2. The highest BCUT2D eigenvalue weighted by molar-refractivity contribution is 5.46. The number of hydrogen-bond donors (Lipinski definition) is 1. The molecule has 2 rings (SSSR count). The zero-order chi connectivity index (χ0) is 10.8. The number of rotatable bonds is 2. The molecule has 0 aliphatic heterocycles. The molecular formula is C11H12FN3. The molecule has 15 heavy (non-hydrogen) atoms. The molecule has 1 aromatic carbocycles. The zero-order valence-electron chi connectivity index (χ0n) is 8.44. The molecule has 0 aliphatic rings. The van der Waals surface area contributed by atoms with Crippen molar-refractivity contribution in [3.63, 3.8) is 0 Å². The van der Waals surface area contributed by atoms with Gasteiger partial charge < -0.3 is 5.73 Å². The van der Waals surface area contributed by atoms with E-state index in [1.807, 2.05) is 13.0 Å². The zero-order valence-corrected chi connectivity index (χ0v) is 8.44. The Morgan fingerprint density at radius 1 is 1.40 bits per heavy atom. The van der Waals surface area contributed by atoms with Gasteiger partial charge in [0.15, 0.2) is 5.82 Å². The van der Waals surface area contributed by atoms with E-state index >= 15 is 0 Å². The average molecular weight is 205 g/mol. The largest absolute Gasteiger partial charge is 0.399 e. The first kappa shape index (κ1) is 9.71. The van der Waals surface area contributed by atoms with Gasteiger partial charge in [-0.15, -0.1) is 0 Å². The summed E-state index contributed by atoms with van der Waals surface area (Å²) in [4.78, 5) is 0. The van der Waals surface area contributed by atoms with Crippen LogP contribution in [0.25, 0.3) is 5.69 Å². The summed E-state index contributed by atoms with van der Waals surface area (Å²) in [6.45, 7) is 2.01. The lowest BCUT2D eigenvalue weighted by Crippen LogP contribution is -2.00. The van der Waals surface area contributed by atoms with E-state index in [2.05, 4.69) is 5.10 Å². The Morgan fingerprint density at radius 2 is 2.20 bits per heavy atom. The SMILES string of the molecule is CCc1ccn(-c2ccc(N)cc2F)n1. The molecule has 4 heteroatoms. The van der Waals surface area contributed by atoms with Crippen molar-refractivity contribution >= 4 is 5.69 Å². The smallest absolute Gasteiger partial charge is 0.150 e. The third-order valence-electron chi connectivity index (χ3n) is 2.23. The summed E-state index contributed by atoms with van der Waals surface area (Å²) in [6, 6.07) is 6.45. The van der Waals surface area contributed by atoms with E-state index in [9.17, 15) is 4.39 Å². The molecule has 2 N–H and O–H groups in total. The van der Waals surface area contributed by atoms with Crippen LogP contribution in [0.3, 0.4) is 0 Å². The highest BCUT2D eigenvalue weighted by Crippen LogP contribution is 2.15. The van der Waals surface area contributed by atoms with Gasteiger partial charge >= 0.3 is 0 Å². The minimum absolute atomic E-state index is 0.360. The van der Waals surface area contributed by atoms with E-state index in [1.165, 1.54) is 10.7 Å². The average Bonchev–Trinajstić information content (AvgIpc) is 2.66. The summed E-state index contributed by atoms with van der Waals surface area (Å²) in [5.74, 6) is -0.360. The second-order valence-corrected chi connectivity index (χ2v) is 3.32. The number of aryl methyl sites for hydroxylation is 1. The third-order valence-corrected chi connectivity index (χ3v) is 2.23. The van der Waals surface area contributed by atoms with E-state index < -0.39 is 0 Å². The van der Waals surface area contributed by atoms with Crippen molar-refractivity contribution in [2.45, 2.75) is 13.3 Å². The maximum atomic E-state index is 13.5. The van der Waals surface area contributed by atoms with Crippen molar-refractivity contribution in [2.24, 2.45) is 0 Å².